The van der Waals surface area contributed by atoms with E-state index in [1.807, 2.05) is 0 Å². The van der Waals surface area contributed by atoms with E-state index >= 15 is 0 Å². The molecule has 124 valence electrons. The van der Waals surface area contributed by atoms with Crippen LogP contribution in [0.3, 0.4) is 0 Å². The average Bonchev–Trinajstić information content (AvgIpc) is 2.72. The summed E-state index contributed by atoms with van der Waals surface area (Å²) in [7, 11) is 2.05. The zero-order valence-corrected chi connectivity index (χ0v) is 13.8. The summed E-state index contributed by atoms with van der Waals surface area (Å²) in [5.41, 5.74) is -0.596. The van der Waals surface area contributed by atoms with Crippen LogP contribution < -0.4 is 5.32 Å². The number of urea groups is 1. The van der Waals surface area contributed by atoms with Crippen LogP contribution in [0, 0.1) is 0 Å². The maximum absolute atomic E-state index is 12.9. The first-order chi connectivity index (χ1) is 10.6. The molecule has 0 aromatic rings. The van der Waals surface area contributed by atoms with Crippen molar-refractivity contribution in [3.8, 4) is 0 Å². The van der Waals surface area contributed by atoms with Crippen LogP contribution in [0.1, 0.15) is 70.6 Å². The van der Waals surface area contributed by atoms with E-state index in [0.717, 1.165) is 25.7 Å². The van der Waals surface area contributed by atoms with Crippen molar-refractivity contribution >= 4 is 11.9 Å². The van der Waals surface area contributed by atoms with Gasteiger partial charge in [-0.2, -0.15) is 0 Å². The smallest absolute Gasteiger partial charge is 0.323 e. The van der Waals surface area contributed by atoms with Crippen LogP contribution in [-0.4, -0.2) is 47.0 Å². The predicted octanol–water partition coefficient (Wildman–Crippen LogP) is 2.85. The second kappa shape index (κ2) is 6.57. The standard InChI is InChI=1S/C17H29N3O2/c1-19(14-9-5-4-6-10-14)13-20-15(21)17(18-16(20)22)11-7-2-3-8-12-17/h14H,2-13H2,1H3,(H,18,22). The molecule has 2 saturated carbocycles. The van der Waals surface area contributed by atoms with Crippen molar-refractivity contribution in [1.82, 2.24) is 15.1 Å². The van der Waals surface area contributed by atoms with E-state index < -0.39 is 5.54 Å². The molecule has 3 fully saturated rings. The molecule has 3 rings (SSSR count). The summed E-state index contributed by atoms with van der Waals surface area (Å²) in [6.45, 7) is 0.442. The quantitative estimate of drug-likeness (QED) is 0.816. The molecule has 5 heteroatoms. The van der Waals surface area contributed by atoms with Crippen LogP contribution in [0.25, 0.3) is 0 Å². The Labute approximate surface area is 133 Å². The third-order valence-corrected chi connectivity index (χ3v) is 5.77. The molecule has 0 radical (unpaired) electrons. The van der Waals surface area contributed by atoms with Crippen LogP contribution >= 0.6 is 0 Å². The molecule has 1 N–H and O–H groups in total. The highest BCUT2D eigenvalue weighted by Crippen LogP contribution is 2.33. The summed E-state index contributed by atoms with van der Waals surface area (Å²) in [5.74, 6) is 0.0158. The van der Waals surface area contributed by atoms with E-state index in [1.54, 1.807) is 0 Å². The fraction of sp³-hybridized carbons (Fsp3) is 0.882. The average molecular weight is 307 g/mol. The van der Waals surface area contributed by atoms with Crippen molar-refractivity contribution in [1.29, 1.82) is 0 Å². The molecule has 3 amide bonds. The SMILES string of the molecule is CN(CN1C(=O)NC2(CCCCCC2)C1=O)C1CCCCC1. The van der Waals surface area contributed by atoms with Gasteiger partial charge in [-0.15, -0.1) is 0 Å². The number of imide groups is 1. The molecule has 0 aromatic heterocycles. The second-order valence-corrected chi connectivity index (χ2v) is 7.35. The third kappa shape index (κ3) is 3.00. The summed E-state index contributed by atoms with van der Waals surface area (Å²) in [6.07, 6.45) is 12.3. The molecule has 1 spiro atoms. The largest absolute Gasteiger partial charge is 0.326 e. The van der Waals surface area contributed by atoms with Crippen molar-refractivity contribution < 1.29 is 9.59 Å². The van der Waals surface area contributed by atoms with Gasteiger partial charge in [0.2, 0.25) is 0 Å². The van der Waals surface area contributed by atoms with Gasteiger partial charge in [0.15, 0.2) is 0 Å². The van der Waals surface area contributed by atoms with Gasteiger partial charge in [0.05, 0.1) is 6.67 Å². The van der Waals surface area contributed by atoms with E-state index in [4.69, 9.17) is 0 Å². The zero-order chi connectivity index (χ0) is 15.6. The van der Waals surface area contributed by atoms with Crippen LogP contribution in [0.2, 0.25) is 0 Å². The van der Waals surface area contributed by atoms with Crippen molar-refractivity contribution in [2.75, 3.05) is 13.7 Å². The maximum atomic E-state index is 12.9. The lowest BCUT2D eigenvalue weighted by molar-refractivity contribution is -0.133. The number of nitrogens with zero attached hydrogens (tertiary/aromatic N) is 2. The summed E-state index contributed by atoms with van der Waals surface area (Å²) >= 11 is 0. The molecular weight excluding hydrogens is 278 g/mol. The first kappa shape index (κ1) is 15.8. The maximum Gasteiger partial charge on any atom is 0.326 e. The van der Waals surface area contributed by atoms with Crippen LogP contribution in [0.5, 0.6) is 0 Å². The molecule has 0 bridgehead atoms. The Bertz CT molecular complexity index is 424. The molecule has 1 aliphatic heterocycles. The molecule has 2 aliphatic carbocycles. The third-order valence-electron chi connectivity index (χ3n) is 5.77. The molecule has 1 saturated heterocycles. The molecule has 0 unspecified atom stereocenters. The van der Waals surface area contributed by atoms with E-state index in [0.29, 0.717) is 12.7 Å². The Kier molecular flexibility index (Phi) is 4.71. The summed E-state index contributed by atoms with van der Waals surface area (Å²) in [5, 5.41) is 3.03. The van der Waals surface area contributed by atoms with Crippen molar-refractivity contribution in [3.05, 3.63) is 0 Å². The van der Waals surface area contributed by atoms with Crippen LogP contribution in [-0.2, 0) is 4.79 Å². The van der Waals surface area contributed by atoms with Gasteiger partial charge in [0, 0.05) is 6.04 Å². The van der Waals surface area contributed by atoms with Gasteiger partial charge >= 0.3 is 6.03 Å². The lowest BCUT2D eigenvalue weighted by Gasteiger charge is -2.33. The van der Waals surface area contributed by atoms with Gasteiger partial charge in [-0.1, -0.05) is 44.9 Å². The van der Waals surface area contributed by atoms with E-state index in [2.05, 4.69) is 17.3 Å². The number of amides is 3. The zero-order valence-electron chi connectivity index (χ0n) is 13.8. The topological polar surface area (TPSA) is 52.6 Å². The number of carbonyl (C=O) groups is 2. The van der Waals surface area contributed by atoms with Crippen LogP contribution in [0.15, 0.2) is 0 Å². The highest BCUT2D eigenvalue weighted by atomic mass is 16.2. The Morgan fingerprint density at radius 3 is 2.27 bits per heavy atom. The first-order valence-electron chi connectivity index (χ1n) is 8.97. The highest BCUT2D eigenvalue weighted by molar-refractivity contribution is 6.07. The first-order valence-corrected chi connectivity index (χ1v) is 8.97. The normalized spacial score (nSPS) is 26.5. The van der Waals surface area contributed by atoms with Gasteiger partial charge < -0.3 is 5.32 Å². The summed E-state index contributed by atoms with van der Waals surface area (Å²) in [4.78, 5) is 28.9. The van der Waals surface area contributed by atoms with Gasteiger partial charge in [0.25, 0.3) is 5.91 Å². The summed E-state index contributed by atoms with van der Waals surface area (Å²) < 4.78 is 0. The monoisotopic (exact) mass is 307 g/mol. The van der Waals surface area contributed by atoms with Gasteiger partial charge in [-0.3, -0.25) is 9.69 Å². The Hall–Kier alpha value is -1.10. The minimum Gasteiger partial charge on any atom is -0.323 e. The number of carbonyl (C=O) groups excluding carboxylic acids is 2. The second-order valence-electron chi connectivity index (χ2n) is 7.35. The van der Waals surface area contributed by atoms with Crippen molar-refractivity contribution in [3.63, 3.8) is 0 Å². The fourth-order valence-corrected chi connectivity index (χ4v) is 4.34. The lowest BCUT2D eigenvalue weighted by Crippen LogP contribution is -2.48. The van der Waals surface area contributed by atoms with E-state index in [1.165, 1.54) is 49.8 Å². The molecule has 1 heterocycles. The molecule has 22 heavy (non-hydrogen) atoms. The fourth-order valence-electron chi connectivity index (χ4n) is 4.34. The van der Waals surface area contributed by atoms with Gasteiger partial charge in [-0.05, 0) is 32.7 Å². The molecule has 0 aromatic carbocycles. The Balaban J connectivity index is 1.66. The lowest BCUT2D eigenvalue weighted by atomic mass is 9.90. The Morgan fingerprint density at radius 2 is 1.64 bits per heavy atom. The van der Waals surface area contributed by atoms with Gasteiger partial charge in [0.1, 0.15) is 5.54 Å². The Morgan fingerprint density at radius 1 is 1.05 bits per heavy atom. The number of rotatable bonds is 3. The van der Waals surface area contributed by atoms with Crippen molar-refractivity contribution in [2.45, 2.75) is 82.2 Å². The number of hydrogen-bond donors (Lipinski definition) is 1. The van der Waals surface area contributed by atoms with E-state index in [-0.39, 0.29) is 11.9 Å². The van der Waals surface area contributed by atoms with Crippen LogP contribution in [0.4, 0.5) is 4.79 Å². The highest BCUT2D eigenvalue weighted by Gasteiger charge is 2.50. The molecular formula is C17H29N3O2. The van der Waals surface area contributed by atoms with E-state index in [9.17, 15) is 9.59 Å². The minimum absolute atomic E-state index is 0.0158. The van der Waals surface area contributed by atoms with Crippen molar-refractivity contribution in [2.24, 2.45) is 0 Å². The molecule has 5 nitrogen and oxygen atoms in total. The molecule has 3 aliphatic rings. The van der Waals surface area contributed by atoms with Gasteiger partial charge in [-0.25, -0.2) is 9.69 Å². The number of hydrogen-bond acceptors (Lipinski definition) is 3. The molecule has 0 atom stereocenters. The summed E-state index contributed by atoms with van der Waals surface area (Å²) in [6, 6.07) is 0.328. The number of nitrogens with one attached hydrogen (secondary N) is 1. The minimum atomic E-state index is -0.596. The predicted molar refractivity (Wildman–Crippen MR) is 85.3 cm³/mol.